The smallest absolute Gasteiger partial charge is 0.408 e. The van der Waals surface area contributed by atoms with Crippen LogP contribution in [-0.2, 0) is 14.8 Å². The number of sulfonamides is 1. The Morgan fingerprint density at radius 3 is 1.94 bits per heavy atom. The number of nitrogens with two attached hydrogens (primary N) is 1. The minimum absolute atomic E-state index is 0.418. The fraction of sp³-hybridized carbons (Fsp3) is 0.909. The zero-order valence-corrected chi connectivity index (χ0v) is 12.3. The summed E-state index contributed by atoms with van der Waals surface area (Å²) < 4.78 is 27.3. The second-order valence-electron chi connectivity index (χ2n) is 6.31. The third-order valence-electron chi connectivity index (χ3n) is 3.17. The molecule has 0 aromatic carbocycles. The van der Waals surface area contributed by atoms with Gasteiger partial charge in [0.05, 0.1) is 0 Å². The number of carbonyl (C=O) groups excluding carboxylic acids is 1. The van der Waals surface area contributed by atoms with Crippen molar-refractivity contribution in [1.29, 1.82) is 0 Å². The van der Waals surface area contributed by atoms with Crippen LogP contribution in [0, 0.1) is 0 Å². The Kier molecular flexibility index (Phi) is 3.47. The van der Waals surface area contributed by atoms with Crippen LogP contribution in [-0.4, -0.2) is 30.4 Å². The number of carbonyl (C=O) groups is 1. The maximum Gasteiger partial charge on any atom is 0.408 e. The summed E-state index contributed by atoms with van der Waals surface area (Å²) in [5.41, 5.74) is -1.58. The molecule has 18 heavy (non-hydrogen) atoms. The molecule has 0 radical (unpaired) electrons. The van der Waals surface area contributed by atoms with Crippen molar-refractivity contribution in [1.82, 2.24) is 5.32 Å². The van der Waals surface area contributed by atoms with Gasteiger partial charge in [0.1, 0.15) is 10.3 Å². The molecule has 0 saturated heterocycles. The number of hydrogen-bond donors (Lipinski definition) is 2. The van der Waals surface area contributed by atoms with E-state index in [1.807, 2.05) is 20.8 Å². The van der Waals surface area contributed by atoms with E-state index >= 15 is 0 Å². The molecule has 1 fully saturated rings. The van der Waals surface area contributed by atoms with Crippen LogP contribution in [0.1, 0.15) is 47.5 Å². The van der Waals surface area contributed by atoms with Crippen LogP contribution < -0.4 is 10.5 Å². The predicted molar refractivity (Wildman–Crippen MR) is 68.5 cm³/mol. The van der Waals surface area contributed by atoms with Crippen LogP contribution >= 0.6 is 0 Å². The number of amides is 1. The van der Waals surface area contributed by atoms with Crippen molar-refractivity contribution < 1.29 is 17.9 Å². The standard InChI is InChI=1S/C11H22N2O4S/c1-9(2,3)13-8(14)17-10(4,5)11(6-7-11)18(12,15)16/h6-7H2,1-5H3,(H,13,14)(H2,12,15,16). The molecule has 0 heterocycles. The van der Waals surface area contributed by atoms with Crippen LogP contribution in [0.4, 0.5) is 4.79 Å². The molecule has 1 amide bonds. The lowest BCUT2D eigenvalue weighted by Crippen LogP contribution is -2.53. The van der Waals surface area contributed by atoms with Crippen LogP contribution in [0.15, 0.2) is 0 Å². The number of primary sulfonamides is 1. The minimum atomic E-state index is -3.74. The van der Waals surface area contributed by atoms with Crippen molar-refractivity contribution in [3.63, 3.8) is 0 Å². The third kappa shape index (κ3) is 2.95. The molecule has 0 bridgehead atoms. The number of hydrogen-bond acceptors (Lipinski definition) is 4. The highest BCUT2D eigenvalue weighted by molar-refractivity contribution is 7.91. The first-order chi connectivity index (χ1) is 7.81. The average molecular weight is 278 g/mol. The van der Waals surface area contributed by atoms with Crippen LogP contribution in [0.3, 0.4) is 0 Å². The van der Waals surface area contributed by atoms with Gasteiger partial charge >= 0.3 is 6.09 Å². The SMILES string of the molecule is CC(C)(C)NC(=O)OC(C)(C)C1(S(N)(=O)=O)CC1. The maximum atomic E-state index is 11.7. The Bertz CT molecular complexity index is 444. The minimum Gasteiger partial charge on any atom is -0.442 e. The molecule has 1 saturated carbocycles. The third-order valence-corrected chi connectivity index (χ3v) is 5.16. The summed E-state index contributed by atoms with van der Waals surface area (Å²) in [6.07, 6.45) is 0.200. The molecule has 0 aliphatic heterocycles. The molecular weight excluding hydrogens is 256 g/mol. The Balaban J connectivity index is 2.81. The van der Waals surface area contributed by atoms with E-state index in [0.717, 1.165) is 0 Å². The molecule has 3 N–H and O–H groups in total. The van der Waals surface area contributed by atoms with Gasteiger partial charge < -0.3 is 10.1 Å². The van der Waals surface area contributed by atoms with Gasteiger partial charge in [-0.2, -0.15) is 0 Å². The van der Waals surface area contributed by atoms with Crippen molar-refractivity contribution in [2.45, 2.75) is 63.3 Å². The Morgan fingerprint density at radius 1 is 1.22 bits per heavy atom. The summed E-state index contributed by atoms with van der Waals surface area (Å²) >= 11 is 0. The van der Waals surface area contributed by atoms with E-state index in [-0.39, 0.29) is 0 Å². The normalized spacial score (nSPS) is 19.2. The van der Waals surface area contributed by atoms with E-state index in [9.17, 15) is 13.2 Å². The predicted octanol–water partition coefficient (Wildman–Crippen LogP) is 1.11. The monoisotopic (exact) mass is 278 g/mol. The van der Waals surface area contributed by atoms with Gasteiger partial charge in [0, 0.05) is 5.54 Å². The van der Waals surface area contributed by atoms with Gasteiger partial charge in [0.25, 0.3) is 0 Å². The topological polar surface area (TPSA) is 98.5 Å². The highest BCUT2D eigenvalue weighted by Gasteiger charge is 2.65. The summed E-state index contributed by atoms with van der Waals surface area (Å²) in [5, 5.41) is 7.86. The first-order valence-electron chi connectivity index (χ1n) is 5.84. The van der Waals surface area contributed by atoms with Crippen molar-refractivity contribution in [2.75, 3.05) is 0 Å². The van der Waals surface area contributed by atoms with Gasteiger partial charge in [-0.05, 0) is 47.5 Å². The van der Waals surface area contributed by atoms with Crippen LogP contribution in [0.25, 0.3) is 0 Å². The molecule has 1 aliphatic carbocycles. The Labute approximate surface area is 108 Å². The fourth-order valence-corrected chi connectivity index (χ4v) is 3.40. The van der Waals surface area contributed by atoms with E-state index in [1.165, 1.54) is 0 Å². The van der Waals surface area contributed by atoms with Crippen LogP contribution in [0.2, 0.25) is 0 Å². The van der Waals surface area contributed by atoms with Gasteiger partial charge in [0.2, 0.25) is 10.0 Å². The lowest BCUT2D eigenvalue weighted by Gasteiger charge is -2.33. The van der Waals surface area contributed by atoms with Crippen molar-refractivity contribution in [3.05, 3.63) is 0 Å². The van der Waals surface area contributed by atoms with Crippen LogP contribution in [0.5, 0.6) is 0 Å². The van der Waals surface area contributed by atoms with Crippen molar-refractivity contribution in [3.8, 4) is 0 Å². The first-order valence-corrected chi connectivity index (χ1v) is 7.39. The Morgan fingerprint density at radius 2 is 1.67 bits per heavy atom. The molecule has 7 heteroatoms. The molecule has 1 aliphatic rings. The van der Waals surface area contributed by atoms with Gasteiger partial charge in [-0.3, -0.25) is 0 Å². The van der Waals surface area contributed by atoms with Gasteiger partial charge in [-0.25, -0.2) is 18.4 Å². The molecule has 0 atom stereocenters. The molecule has 0 spiro atoms. The maximum absolute atomic E-state index is 11.7. The molecule has 106 valence electrons. The van der Waals surface area contributed by atoms with E-state index in [2.05, 4.69) is 5.32 Å². The number of rotatable bonds is 3. The van der Waals surface area contributed by atoms with Gasteiger partial charge in [-0.15, -0.1) is 0 Å². The highest BCUT2D eigenvalue weighted by Crippen LogP contribution is 2.51. The lowest BCUT2D eigenvalue weighted by atomic mass is 10.0. The number of nitrogens with one attached hydrogen (secondary N) is 1. The second kappa shape index (κ2) is 4.09. The van der Waals surface area contributed by atoms with Crippen molar-refractivity contribution in [2.24, 2.45) is 5.14 Å². The second-order valence-corrected chi connectivity index (χ2v) is 8.19. The summed E-state index contributed by atoms with van der Waals surface area (Å²) in [7, 11) is -3.74. The summed E-state index contributed by atoms with van der Waals surface area (Å²) in [6, 6.07) is 0. The number of ether oxygens (including phenoxy) is 1. The molecular formula is C11H22N2O4S. The molecule has 0 aromatic rings. The zero-order chi connectivity index (χ0) is 14.4. The van der Waals surface area contributed by atoms with E-state index in [4.69, 9.17) is 9.88 Å². The average Bonchev–Trinajstić information content (AvgIpc) is 2.73. The molecule has 0 unspecified atom stereocenters. The number of alkyl carbamates (subject to hydrolysis) is 1. The summed E-state index contributed by atoms with van der Waals surface area (Å²) in [4.78, 5) is 11.7. The summed E-state index contributed by atoms with van der Waals surface area (Å²) in [6.45, 7) is 8.59. The van der Waals surface area contributed by atoms with Crippen molar-refractivity contribution >= 4 is 16.1 Å². The quantitative estimate of drug-likeness (QED) is 0.808. The lowest BCUT2D eigenvalue weighted by molar-refractivity contribution is 0.0260. The van der Waals surface area contributed by atoms with E-state index in [1.54, 1.807) is 13.8 Å². The highest BCUT2D eigenvalue weighted by atomic mass is 32.2. The van der Waals surface area contributed by atoms with Gasteiger partial charge in [0.15, 0.2) is 0 Å². The van der Waals surface area contributed by atoms with E-state index < -0.39 is 32.0 Å². The van der Waals surface area contributed by atoms with Gasteiger partial charge in [-0.1, -0.05) is 0 Å². The van der Waals surface area contributed by atoms with E-state index in [0.29, 0.717) is 12.8 Å². The Hall–Kier alpha value is -0.820. The summed E-state index contributed by atoms with van der Waals surface area (Å²) in [5.74, 6) is 0. The largest absolute Gasteiger partial charge is 0.442 e. The molecule has 6 nitrogen and oxygen atoms in total. The first kappa shape index (κ1) is 15.2. The molecule has 0 aromatic heterocycles. The molecule has 1 rings (SSSR count). The zero-order valence-electron chi connectivity index (χ0n) is 11.5. The fourth-order valence-electron chi connectivity index (χ4n) is 2.00.